The molecule has 0 radical (unpaired) electrons. The third-order valence-electron chi connectivity index (χ3n) is 3.03. The highest BCUT2D eigenvalue weighted by Crippen LogP contribution is 2.19. The van der Waals surface area contributed by atoms with Crippen LogP contribution in [0.4, 0.5) is 0 Å². The molecule has 0 saturated carbocycles. The second-order valence-corrected chi connectivity index (χ2v) is 4.33. The molecule has 0 aliphatic heterocycles. The van der Waals surface area contributed by atoms with Crippen molar-refractivity contribution >= 4 is 11.1 Å². The van der Waals surface area contributed by atoms with E-state index in [1.807, 2.05) is 24.3 Å². The third-order valence-corrected chi connectivity index (χ3v) is 3.03. The van der Waals surface area contributed by atoms with Gasteiger partial charge in [-0.15, -0.1) is 0 Å². The smallest absolute Gasteiger partial charge is 0.0187 e. The Balaban J connectivity index is 2.16. The maximum atomic E-state index is 4.11. The van der Waals surface area contributed by atoms with Crippen molar-refractivity contribution in [3.05, 3.63) is 96.6 Å². The predicted molar refractivity (Wildman–Crippen MR) is 84.7 cm³/mol. The van der Waals surface area contributed by atoms with E-state index in [-0.39, 0.29) is 0 Å². The van der Waals surface area contributed by atoms with Crippen LogP contribution in [0.15, 0.2) is 85.5 Å². The van der Waals surface area contributed by atoms with Crippen molar-refractivity contribution in [1.29, 1.82) is 0 Å². The van der Waals surface area contributed by atoms with Gasteiger partial charge in [0, 0.05) is 0 Å². The standard InChI is InChI=1S/C19H18/c1-3-17(19-12-8-5-9-13-19)15-14-16(2)18-10-6-4-7-11-18/h3-15H,2H2,1H3/b15-14-,17-3+. The fraction of sp³-hybridized carbons (Fsp3) is 0.0526. The predicted octanol–water partition coefficient (Wildman–Crippen LogP) is 5.36. The van der Waals surface area contributed by atoms with Gasteiger partial charge in [-0.05, 0) is 29.2 Å². The highest BCUT2D eigenvalue weighted by Gasteiger charge is 1.96. The van der Waals surface area contributed by atoms with Gasteiger partial charge in [0.05, 0.1) is 0 Å². The SMILES string of the molecule is C=C(/C=C\C(=C/C)c1ccccc1)c1ccccc1. The first-order valence-electron chi connectivity index (χ1n) is 6.45. The summed E-state index contributed by atoms with van der Waals surface area (Å²) >= 11 is 0. The normalized spacial score (nSPS) is 11.7. The lowest BCUT2D eigenvalue weighted by molar-refractivity contribution is 1.59. The van der Waals surface area contributed by atoms with Gasteiger partial charge in [-0.2, -0.15) is 0 Å². The van der Waals surface area contributed by atoms with E-state index in [0.717, 1.165) is 11.1 Å². The van der Waals surface area contributed by atoms with E-state index in [1.165, 1.54) is 11.1 Å². The van der Waals surface area contributed by atoms with Crippen molar-refractivity contribution in [2.45, 2.75) is 6.92 Å². The molecule has 0 aliphatic carbocycles. The Hall–Kier alpha value is -2.34. The highest BCUT2D eigenvalue weighted by atomic mass is 14.0. The summed E-state index contributed by atoms with van der Waals surface area (Å²) in [6.07, 6.45) is 6.30. The zero-order valence-electron chi connectivity index (χ0n) is 11.2. The van der Waals surface area contributed by atoms with Crippen molar-refractivity contribution in [1.82, 2.24) is 0 Å². The average molecular weight is 246 g/mol. The van der Waals surface area contributed by atoms with Crippen molar-refractivity contribution < 1.29 is 0 Å². The largest absolute Gasteiger partial charge is 0.0912 e. The van der Waals surface area contributed by atoms with Crippen LogP contribution in [0.1, 0.15) is 18.1 Å². The van der Waals surface area contributed by atoms with E-state index in [0.29, 0.717) is 0 Å². The molecule has 2 aromatic carbocycles. The zero-order chi connectivity index (χ0) is 13.5. The third kappa shape index (κ3) is 3.56. The van der Waals surface area contributed by atoms with Gasteiger partial charge in [0.25, 0.3) is 0 Å². The molecule has 0 amide bonds. The van der Waals surface area contributed by atoms with Crippen LogP contribution >= 0.6 is 0 Å². The van der Waals surface area contributed by atoms with E-state index >= 15 is 0 Å². The Labute approximate surface area is 115 Å². The van der Waals surface area contributed by atoms with Gasteiger partial charge in [-0.3, -0.25) is 0 Å². The zero-order valence-corrected chi connectivity index (χ0v) is 11.2. The summed E-state index contributed by atoms with van der Waals surface area (Å²) < 4.78 is 0. The molecule has 0 atom stereocenters. The number of benzene rings is 2. The lowest BCUT2D eigenvalue weighted by Crippen LogP contribution is -1.81. The molecule has 0 N–H and O–H groups in total. The first-order chi connectivity index (χ1) is 9.31. The summed E-state index contributed by atoms with van der Waals surface area (Å²) in [5, 5.41) is 0. The van der Waals surface area contributed by atoms with Gasteiger partial charge < -0.3 is 0 Å². The molecule has 2 aromatic rings. The molecular formula is C19H18. The van der Waals surface area contributed by atoms with E-state index in [4.69, 9.17) is 0 Å². The Morgan fingerprint density at radius 1 is 0.789 bits per heavy atom. The Morgan fingerprint density at radius 3 is 1.84 bits per heavy atom. The van der Waals surface area contributed by atoms with Crippen molar-refractivity contribution in [2.24, 2.45) is 0 Å². The van der Waals surface area contributed by atoms with Gasteiger partial charge >= 0.3 is 0 Å². The monoisotopic (exact) mass is 246 g/mol. The summed E-state index contributed by atoms with van der Waals surface area (Å²) in [5.41, 5.74) is 4.61. The second kappa shape index (κ2) is 6.55. The molecule has 0 saturated heterocycles. The van der Waals surface area contributed by atoms with Gasteiger partial charge in [-0.1, -0.05) is 85.5 Å². The van der Waals surface area contributed by atoms with Gasteiger partial charge in [0.15, 0.2) is 0 Å². The number of allylic oxidation sites excluding steroid dienone is 5. The van der Waals surface area contributed by atoms with Gasteiger partial charge in [0.1, 0.15) is 0 Å². The molecule has 0 nitrogen and oxygen atoms in total. The van der Waals surface area contributed by atoms with E-state index in [2.05, 4.69) is 68.1 Å². The Bertz CT molecular complexity index is 586. The molecule has 0 heteroatoms. The summed E-state index contributed by atoms with van der Waals surface area (Å²) in [7, 11) is 0. The average Bonchev–Trinajstić information content (AvgIpc) is 2.49. The Kier molecular flexibility index (Phi) is 4.52. The number of rotatable bonds is 4. The molecule has 2 rings (SSSR count). The fourth-order valence-electron chi connectivity index (χ4n) is 1.93. The van der Waals surface area contributed by atoms with Crippen molar-refractivity contribution in [3.63, 3.8) is 0 Å². The maximum Gasteiger partial charge on any atom is -0.0187 e. The molecule has 0 heterocycles. The molecule has 0 bridgehead atoms. The maximum absolute atomic E-state index is 4.11. The molecule has 94 valence electrons. The first-order valence-corrected chi connectivity index (χ1v) is 6.45. The van der Waals surface area contributed by atoms with Crippen LogP contribution in [-0.4, -0.2) is 0 Å². The van der Waals surface area contributed by atoms with Crippen LogP contribution in [0.5, 0.6) is 0 Å². The van der Waals surface area contributed by atoms with Crippen LogP contribution in [-0.2, 0) is 0 Å². The lowest BCUT2D eigenvalue weighted by Gasteiger charge is -2.03. The van der Waals surface area contributed by atoms with Crippen LogP contribution in [0.2, 0.25) is 0 Å². The summed E-state index contributed by atoms with van der Waals surface area (Å²) in [4.78, 5) is 0. The summed E-state index contributed by atoms with van der Waals surface area (Å²) in [6.45, 7) is 6.16. The quantitative estimate of drug-likeness (QED) is 0.637. The molecule has 0 unspecified atom stereocenters. The minimum Gasteiger partial charge on any atom is -0.0912 e. The van der Waals surface area contributed by atoms with Crippen LogP contribution in [0.25, 0.3) is 11.1 Å². The van der Waals surface area contributed by atoms with Gasteiger partial charge in [-0.25, -0.2) is 0 Å². The van der Waals surface area contributed by atoms with E-state index in [1.54, 1.807) is 0 Å². The van der Waals surface area contributed by atoms with Crippen LogP contribution in [0, 0.1) is 0 Å². The van der Waals surface area contributed by atoms with Crippen molar-refractivity contribution in [2.75, 3.05) is 0 Å². The van der Waals surface area contributed by atoms with Gasteiger partial charge in [0.2, 0.25) is 0 Å². The van der Waals surface area contributed by atoms with E-state index < -0.39 is 0 Å². The molecule has 0 spiro atoms. The highest BCUT2D eigenvalue weighted by molar-refractivity contribution is 5.80. The molecule has 0 fully saturated rings. The lowest BCUT2D eigenvalue weighted by atomic mass is 10.0. The molecule has 0 aliphatic rings. The van der Waals surface area contributed by atoms with E-state index in [9.17, 15) is 0 Å². The first kappa shape index (κ1) is 13.1. The number of hydrogen-bond donors (Lipinski definition) is 0. The summed E-state index contributed by atoms with van der Waals surface area (Å²) in [5.74, 6) is 0. The molecule has 0 aromatic heterocycles. The topological polar surface area (TPSA) is 0 Å². The van der Waals surface area contributed by atoms with Crippen LogP contribution < -0.4 is 0 Å². The fourth-order valence-corrected chi connectivity index (χ4v) is 1.93. The summed E-state index contributed by atoms with van der Waals surface area (Å²) in [6, 6.07) is 20.6. The Morgan fingerprint density at radius 2 is 1.32 bits per heavy atom. The van der Waals surface area contributed by atoms with Crippen molar-refractivity contribution in [3.8, 4) is 0 Å². The molecule has 19 heavy (non-hydrogen) atoms. The number of hydrogen-bond acceptors (Lipinski definition) is 0. The second-order valence-electron chi connectivity index (χ2n) is 4.33. The molecular weight excluding hydrogens is 228 g/mol. The minimum absolute atomic E-state index is 1.02. The minimum atomic E-state index is 1.02. The van der Waals surface area contributed by atoms with Crippen LogP contribution in [0.3, 0.4) is 0 Å².